The molecule has 0 spiro atoms. The summed E-state index contributed by atoms with van der Waals surface area (Å²) in [6, 6.07) is 10.7. The molecule has 0 radical (unpaired) electrons. The molecule has 2 atom stereocenters. The third kappa shape index (κ3) is 4.78. The molecule has 4 rings (SSSR count). The van der Waals surface area contributed by atoms with Crippen molar-refractivity contribution < 1.29 is 24.6 Å². The Bertz CT molecular complexity index is 1190. The molecule has 2 fully saturated rings. The largest absolute Gasteiger partial charge is 0.508 e. The van der Waals surface area contributed by atoms with Gasteiger partial charge in [0.2, 0.25) is 18.2 Å². The van der Waals surface area contributed by atoms with Crippen LogP contribution in [0.1, 0.15) is 11.1 Å². The van der Waals surface area contributed by atoms with Gasteiger partial charge in [-0.15, -0.1) is 6.42 Å². The van der Waals surface area contributed by atoms with E-state index in [1.807, 2.05) is 14.1 Å². The van der Waals surface area contributed by atoms with E-state index in [1.165, 1.54) is 27.1 Å². The number of fused-ring (bicyclic) bond motifs is 1. The van der Waals surface area contributed by atoms with Crippen LogP contribution >= 0.6 is 0 Å². The van der Waals surface area contributed by atoms with E-state index in [4.69, 9.17) is 6.42 Å². The fraction of sp³-hybridized carbons (Fsp3) is 0.346. The van der Waals surface area contributed by atoms with Crippen molar-refractivity contribution in [3.63, 3.8) is 0 Å². The van der Waals surface area contributed by atoms with Crippen LogP contribution in [0.25, 0.3) is 0 Å². The average molecular weight is 492 g/mol. The minimum atomic E-state index is -0.846. The van der Waals surface area contributed by atoms with E-state index in [2.05, 4.69) is 5.92 Å². The van der Waals surface area contributed by atoms with Crippen LogP contribution in [-0.2, 0) is 27.3 Å². The lowest BCUT2D eigenvalue weighted by atomic mass is 9.98. The Kier molecular flexibility index (Phi) is 7.03. The topological polar surface area (TPSA) is 108 Å². The van der Waals surface area contributed by atoms with Crippen LogP contribution in [0.15, 0.2) is 42.5 Å². The van der Waals surface area contributed by atoms with Crippen LogP contribution in [0.4, 0.5) is 5.69 Å². The fourth-order valence-corrected chi connectivity index (χ4v) is 4.78. The molecule has 2 aliphatic heterocycles. The second-order valence-electron chi connectivity index (χ2n) is 9.12. The van der Waals surface area contributed by atoms with Gasteiger partial charge in [0.15, 0.2) is 0 Å². The zero-order chi connectivity index (χ0) is 26.0. The van der Waals surface area contributed by atoms with E-state index in [-0.39, 0.29) is 55.9 Å². The van der Waals surface area contributed by atoms with E-state index < -0.39 is 12.2 Å². The van der Waals surface area contributed by atoms with Crippen molar-refractivity contribution in [1.82, 2.24) is 19.8 Å². The van der Waals surface area contributed by atoms with Gasteiger partial charge in [-0.1, -0.05) is 24.1 Å². The minimum Gasteiger partial charge on any atom is -0.508 e. The highest BCUT2D eigenvalue weighted by Gasteiger charge is 2.49. The third-order valence-corrected chi connectivity index (χ3v) is 6.52. The second kappa shape index (κ2) is 10.2. The number of rotatable bonds is 7. The molecule has 0 bridgehead atoms. The summed E-state index contributed by atoms with van der Waals surface area (Å²) in [5.41, 5.74) is 2.17. The molecule has 0 aliphatic carbocycles. The highest BCUT2D eigenvalue weighted by atomic mass is 16.3. The molecule has 3 amide bonds. The average Bonchev–Trinajstić information content (AvgIpc) is 2.84. The summed E-state index contributed by atoms with van der Waals surface area (Å²) in [5, 5.41) is 22.7. The van der Waals surface area contributed by atoms with Crippen molar-refractivity contribution in [1.29, 1.82) is 0 Å². The summed E-state index contributed by atoms with van der Waals surface area (Å²) in [6.45, 7) is 0.305. The molecule has 2 aromatic carbocycles. The summed E-state index contributed by atoms with van der Waals surface area (Å²) >= 11 is 0. The molecule has 0 aromatic heterocycles. The Hall–Kier alpha value is -4.23. The van der Waals surface area contributed by atoms with Gasteiger partial charge in [-0.25, -0.2) is 0 Å². The molecule has 2 heterocycles. The predicted octanol–water partition coefficient (Wildman–Crippen LogP) is 0.594. The number of hydrazine groups is 1. The standard InChI is InChI=1S/C26H29N5O5/c1-4-11-29-16-25(35)31-22(12-18-5-8-20(33)9-6-18)26(36)28(15-24(31)30(29)17-32)14-19-7-10-23(34)21(13-19)27(2)3/h1,5-10,13,17,22,24,33-34H,11-12,14-16H2,2-3H3/t22-,24?/m0/s1. The lowest BCUT2D eigenvalue weighted by Crippen LogP contribution is -2.74. The van der Waals surface area contributed by atoms with Gasteiger partial charge in [-0.3, -0.25) is 19.4 Å². The van der Waals surface area contributed by atoms with Crippen LogP contribution in [0, 0.1) is 12.3 Å². The monoisotopic (exact) mass is 491 g/mol. The SMILES string of the molecule is C#CCN1CC(=O)N2C(CN(Cc3ccc(O)c(N(C)C)c3)C(=O)[C@@H]2Cc2ccc(O)cc2)N1C=O. The van der Waals surface area contributed by atoms with E-state index in [0.717, 1.165) is 11.1 Å². The van der Waals surface area contributed by atoms with Crippen molar-refractivity contribution in [2.24, 2.45) is 0 Å². The van der Waals surface area contributed by atoms with Crippen LogP contribution in [0.2, 0.25) is 0 Å². The zero-order valence-corrected chi connectivity index (χ0v) is 20.2. The van der Waals surface area contributed by atoms with Crippen molar-refractivity contribution in [2.45, 2.75) is 25.2 Å². The molecular formula is C26H29N5O5. The van der Waals surface area contributed by atoms with Gasteiger partial charge in [0.25, 0.3) is 0 Å². The van der Waals surface area contributed by atoms with Crippen LogP contribution in [0.3, 0.4) is 0 Å². The number of piperazine rings is 1. The molecule has 2 aliphatic rings. The number of anilines is 1. The number of aromatic hydroxyl groups is 2. The lowest BCUT2D eigenvalue weighted by molar-refractivity contribution is -0.198. The van der Waals surface area contributed by atoms with Gasteiger partial charge in [-0.05, 0) is 35.4 Å². The first-order valence-electron chi connectivity index (χ1n) is 11.5. The molecule has 2 aromatic rings. The first kappa shape index (κ1) is 24.9. The maximum absolute atomic E-state index is 13.8. The molecular weight excluding hydrogens is 462 g/mol. The van der Waals surface area contributed by atoms with Gasteiger partial charge in [0, 0.05) is 27.1 Å². The third-order valence-electron chi connectivity index (χ3n) is 6.52. The van der Waals surface area contributed by atoms with E-state index in [0.29, 0.717) is 12.1 Å². The molecule has 2 saturated heterocycles. The maximum Gasteiger partial charge on any atom is 0.246 e. The van der Waals surface area contributed by atoms with Gasteiger partial charge >= 0.3 is 0 Å². The first-order chi connectivity index (χ1) is 17.2. The van der Waals surface area contributed by atoms with E-state index in [9.17, 15) is 24.6 Å². The Morgan fingerprint density at radius 3 is 2.44 bits per heavy atom. The number of hydrogen-bond donors (Lipinski definition) is 2. The quantitative estimate of drug-likeness (QED) is 0.431. The normalized spacial score (nSPS) is 20.2. The van der Waals surface area contributed by atoms with Gasteiger partial charge < -0.3 is 24.9 Å². The number of phenols is 2. The van der Waals surface area contributed by atoms with Crippen LogP contribution < -0.4 is 4.90 Å². The van der Waals surface area contributed by atoms with E-state index in [1.54, 1.807) is 40.1 Å². The Morgan fingerprint density at radius 1 is 1.11 bits per heavy atom. The number of benzene rings is 2. The summed E-state index contributed by atoms with van der Waals surface area (Å²) in [5.74, 6) is 2.17. The predicted molar refractivity (Wildman–Crippen MR) is 132 cm³/mol. The number of carbonyl (C=O) groups is 3. The lowest BCUT2D eigenvalue weighted by Gasteiger charge is -2.54. The van der Waals surface area contributed by atoms with Gasteiger partial charge in [-0.2, -0.15) is 5.01 Å². The maximum atomic E-state index is 13.8. The summed E-state index contributed by atoms with van der Waals surface area (Å²) < 4.78 is 0. The highest BCUT2D eigenvalue weighted by molar-refractivity contribution is 5.91. The van der Waals surface area contributed by atoms with Crippen LogP contribution in [-0.4, -0.2) is 94.2 Å². The summed E-state index contributed by atoms with van der Waals surface area (Å²) in [7, 11) is 3.62. The summed E-state index contributed by atoms with van der Waals surface area (Å²) in [4.78, 5) is 44.0. The highest BCUT2D eigenvalue weighted by Crippen LogP contribution is 2.31. The molecule has 36 heavy (non-hydrogen) atoms. The minimum absolute atomic E-state index is 0.0789. The molecule has 10 heteroatoms. The number of terminal acetylenes is 1. The van der Waals surface area contributed by atoms with Crippen LogP contribution in [0.5, 0.6) is 11.5 Å². The molecule has 1 unspecified atom stereocenters. The van der Waals surface area contributed by atoms with Gasteiger partial charge in [0.1, 0.15) is 23.7 Å². The second-order valence-corrected chi connectivity index (χ2v) is 9.12. The number of amides is 3. The molecule has 10 nitrogen and oxygen atoms in total. The summed E-state index contributed by atoms with van der Waals surface area (Å²) in [6.07, 6.45) is 5.60. The molecule has 2 N–H and O–H groups in total. The van der Waals surface area contributed by atoms with E-state index >= 15 is 0 Å². The smallest absolute Gasteiger partial charge is 0.246 e. The van der Waals surface area contributed by atoms with Crippen molar-refractivity contribution in [3.05, 3.63) is 53.6 Å². The van der Waals surface area contributed by atoms with Crippen molar-refractivity contribution >= 4 is 23.9 Å². The number of carbonyl (C=O) groups excluding carboxylic acids is 3. The first-order valence-corrected chi connectivity index (χ1v) is 11.5. The van der Waals surface area contributed by atoms with Crippen molar-refractivity contribution in [3.8, 4) is 23.8 Å². The Labute approximate surface area is 209 Å². The Balaban J connectivity index is 1.70. The zero-order valence-electron chi connectivity index (χ0n) is 20.2. The molecule has 188 valence electrons. The molecule has 0 saturated carbocycles. The fourth-order valence-electron chi connectivity index (χ4n) is 4.78. The number of nitrogens with zero attached hydrogens (tertiary/aromatic N) is 5. The van der Waals surface area contributed by atoms with Crippen molar-refractivity contribution in [2.75, 3.05) is 38.6 Å². The number of hydrogen-bond acceptors (Lipinski definition) is 7. The number of phenolic OH excluding ortho intramolecular Hbond substituents is 2. The van der Waals surface area contributed by atoms with Gasteiger partial charge in [0.05, 0.1) is 25.3 Å². The Morgan fingerprint density at radius 2 is 1.81 bits per heavy atom.